The number of benzene rings is 3. The third-order valence-corrected chi connectivity index (χ3v) is 8.77. The number of ether oxygens (including phenoxy) is 3. The molecule has 0 bridgehead atoms. The fourth-order valence-electron chi connectivity index (χ4n) is 5.93. The van der Waals surface area contributed by atoms with E-state index in [2.05, 4.69) is 5.32 Å². The molecule has 2 N–H and O–H groups in total. The van der Waals surface area contributed by atoms with E-state index in [9.17, 15) is 29.1 Å². The van der Waals surface area contributed by atoms with Gasteiger partial charge in [-0.05, 0) is 81.3 Å². The zero-order valence-electron chi connectivity index (χ0n) is 30.2. The zero-order chi connectivity index (χ0) is 39.0. The predicted molar refractivity (Wildman–Crippen MR) is 200 cm³/mol. The van der Waals surface area contributed by atoms with Gasteiger partial charge in [-0.1, -0.05) is 66.2 Å². The average molecular weight is 757 g/mol. The van der Waals surface area contributed by atoms with Crippen molar-refractivity contribution in [2.45, 2.75) is 58.1 Å². The van der Waals surface area contributed by atoms with E-state index in [0.29, 0.717) is 28.5 Å². The number of carboxylic acid groups (broad SMARTS) is 1. The minimum atomic E-state index is -1.92. The molecule has 13 heteroatoms. The molecule has 3 atom stereocenters. The third-order valence-electron chi connectivity index (χ3n) is 8.54. The molecule has 12 nitrogen and oxygen atoms in total. The molecule has 0 saturated heterocycles. The van der Waals surface area contributed by atoms with Crippen LogP contribution in [0.1, 0.15) is 67.5 Å². The molecule has 4 aromatic rings. The second-order valence-electron chi connectivity index (χ2n) is 13.7. The van der Waals surface area contributed by atoms with Crippen molar-refractivity contribution in [2.24, 2.45) is 5.92 Å². The van der Waals surface area contributed by atoms with Gasteiger partial charge in [0.1, 0.15) is 17.3 Å². The molecule has 3 aromatic carbocycles. The van der Waals surface area contributed by atoms with Gasteiger partial charge in [0.15, 0.2) is 17.3 Å². The number of nitrogens with zero attached hydrogens (tertiary/aromatic N) is 1. The number of carboxylic acids is 1. The Morgan fingerprint density at radius 3 is 2.26 bits per heavy atom. The highest BCUT2D eigenvalue weighted by Crippen LogP contribution is 2.38. The van der Waals surface area contributed by atoms with Crippen LogP contribution in [0.15, 0.2) is 100 Å². The Bertz CT molecular complexity index is 2020. The van der Waals surface area contributed by atoms with E-state index in [-0.39, 0.29) is 30.6 Å². The molecule has 2 heterocycles. The van der Waals surface area contributed by atoms with Crippen molar-refractivity contribution in [3.63, 3.8) is 0 Å². The maximum absolute atomic E-state index is 14.4. The number of furan rings is 1. The Morgan fingerprint density at radius 1 is 0.926 bits per heavy atom. The standard InChI is InChI=1S/C41H41ClN2O10/c1-25(44(23-28(42)19-26-11-7-5-8-12-26)39(49)37(47)32(22-36(45)46)40(50)54-41(2,3)4)31(27-15-17-33-35(20-27)52-24-51-33)21-30-16-18-34(53-30)38(48)43-29-13-9-6-10-14-29/h5-20,25,31-32H,21-24H2,1-4H3,(H,43,48)(H,45,46). The van der Waals surface area contributed by atoms with E-state index >= 15 is 0 Å². The van der Waals surface area contributed by atoms with Gasteiger partial charge >= 0.3 is 11.9 Å². The molecule has 0 fully saturated rings. The van der Waals surface area contributed by atoms with Gasteiger partial charge < -0.3 is 34.0 Å². The van der Waals surface area contributed by atoms with Crippen LogP contribution in [-0.2, 0) is 30.3 Å². The number of ketones is 1. The molecule has 1 aliphatic rings. The number of nitrogens with one attached hydrogen (secondary N) is 1. The predicted octanol–water partition coefficient (Wildman–Crippen LogP) is 7.09. The fourth-order valence-corrected chi connectivity index (χ4v) is 6.18. The molecule has 0 spiro atoms. The molecular weight excluding hydrogens is 716 g/mol. The van der Waals surface area contributed by atoms with Crippen molar-refractivity contribution in [2.75, 3.05) is 18.7 Å². The molecule has 0 saturated carbocycles. The van der Waals surface area contributed by atoms with Gasteiger partial charge in [0, 0.05) is 29.1 Å². The number of hydrogen-bond donors (Lipinski definition) is 2. The average Bonchev–Trinajstić information content (AvgIpc) is 3.81. The quantitative estimate of drug-likeness (QED) is 0.0728. The Hall–Kier alpha value is -5.88. The van der Waals surface area contributed by atoms with Crippen LogP contribution >= 0.6 is 11.6 Å². The lowest BCUT2D eigenvalue weighted by molar-refractivity contribution is -0.167. The topological polar surface area (TPSA) is 162 Å². The molecular formula is C41H41ClN2O10. The number of hydrogen-bond acceptors (Lipinski definition) is 9. The van der Waals surface area contributed by atoms with E-state index in [4.69, 9.17) is 30.2 Å². The summed E-state index contributed by atoms with van der Waals surface area (Å²) >= 11 is 6.78. The summed E-state index contributed by atoms with van der Waals surface area (Å²) in [7, 11) is 0. The molecule has 0 radical (unpaired) electrons. The van der Waals surface area contributed by atoms with Crippen LogP contribution in [0.4, 0.5) is 5.69 Å². The number of carbonyl (C=O) groups is 5. The summed E-state index contributed by atoms with van der Waals surface area (Å²) in [6, 6.07) is 25.6. The first kappa shape index (κ1) is 39.3. The highest BCUT2D eigenvalue weighted by atomic mass is 35.5. The van der Waals surface area contributed by atoms with Gasteiger partial charge in [-0.3, -0.25) is 24.0 Å². The maximum Gasteiger partial charge on any atom is 0.318 e. The Morgan fingerprint density at radius 2 is 1.59 bits per heavy atom. The van der Waals surface area contributed by atoms with Crippen LogP contribution in [0, 0.1) is 5.92 Å². The van der Waals surface area contributed by atoms with Gasteiger partial charge in [-0.25, -0.2) is 0 Å². The Balaban J connectivity index is 1.53. The van der Waals surface area contributed by atoms with E-state index in [1.54, 1.807) is 82.3 Å². The van der Waals surface area contributed by atoms with Crippen LogP contribution < -0.4 is 14.8 Å². The molecule has 1 aromatic heterocycles. The van der Waals surface area contributed by atoms with Crippen molar-refractivity contribution in [1.29, 1.82) is 0 Å². The summed E-state index contributed by atoms with van der Waals surface area (Å²) in [5.41, 5.74) is 0.923. The zero-order valence-corrected chi connectivity index (χ0v) is 31.0. The first-order valence-corrected chi connectivity index (χ1v) is 17.6. The van der Waals surface area contributed by atoms with Crippen molar-refractivity contribution >= 4 is 52.9 Å². The van der Waals surface area contributed by atoms with Gasteiger partial charge in [0.05, 0.1) is 13.0 Å². The van der Waals surface area contributed by atoms with Crippen LogP contribution in [0.2, 0.25) is 0 Å². The summed E-state index contributed by atoms with van der Waals surface area (Å²) in [4.78, 5) is 67.7. The maximum atomic E-state index is 14.4. The van der Waals surface area contributed by atoms with Crippen LogP contribution in [-0.4, -0.2) is 64.5 Å². The van der Waals surface area contributed by atoms with Gasteiger partial charge in [0.25, 0.3) is 11.8 Å². The third kappa shape index (κ3) is 10.4. The van der Waals surface area contributed by atoms with Gasteiger partial charge in [0.2, 0.25) is 12.6 Å². The van der Waals surface area contributed by atoms with Crippen molar-refractivity contribution in [1.82, 2.24) is 4.90 Å². The molecule has 5 rings (SSSR count). The number of para-hydroxylation sites is 1. The first-order valence-electron chi connectivity index (χ1n) is 17.2. The van der Waals surface area contributed by atoms with Crippen molar-refractivity contribution in [3.05, 3.63) is 119 Å². The van der Waals surface area contributed by atoms with Crippen LogP contribution in [0.5, 0.6) is 11.5 Å². The van der Waals surface area contributed by atoms with Gasteiger partial charge in [-0.2, -0.15) is 0 Å². The van der Waals surface area contributed by atoms with Crippen molar-refractivity contribution in [3.8, 4) is 11.5 Å². The largest absolute Gasteiger partial charge is 0.481 e. The molecule has 0 aliphatic carbocycles. The number of rotatable bonds is 15. The monoisotopic (exact) mass is 756 g/mol. The Kier molecular flexibility index (Phi) is 12.6. The number of esters is 1. The summed E-state index contributed by atoms with van der Waals surface area (Å²) in [6.45, 7) is 6.15. The second kappa shape index (κ2) is 17.3. The Labute approximate surface area is 317 Å². The van der Waals surface area contributed by atoms with Crippen LogP contribution in [0.3, 0.4) is 0 Å². The lowest BCUT2D eigenvalue weighted by Crippen LogP contribution is -2.49. The number of amides is 2. The first-order chi connectivity index (χ1) is 25.7. The van der Waals surface area contributed by atoms with Gasteiger partial charge in [-0.15, -0.1) is 0 Å². The number of aliphatic carboxylic acids is 1. The van der Waals surface area contributed by atoms with E-state index in [1.165, 1.54) is 11.0 Å². The van der Waals surface area contributed by atoms with E-state index < -0.39 is 59.4 Å². The van der Waals surface area contributed by atoms with E-state index in [0.717, 1.165) is 5.56 Å². The molecule has 1 aliphatic heterocycles. The number of anilines is 1. The molecule has 3 unspecified atom stereocenters. The SMILES string of the molecule is CC(C(Cc1ccc(C(=O)Nc2ccccc2)o1)c1ccc2c(c1)OCO2)N(CC(Cl)=Cc1ccccc1)C(=O)C(=O)C(CC(=O)O)C(=O)OC(C)(C)C. The number of Topliss-reactive ketones (excluding diaryl/α,β-unsaturated/α-hetero) is 1. The van der Waals surface area contributed by atoms with Crippen LogP contribution in [0.25, 0.3) is 6.08 Å². The lowest BCUT2D eigenvalue weighted by atomic mass is 9.86. The van der Waals surface area contributed by atoms with Crippen molar-refractivity contribution < 1.29 is 47.7 Å². The molecule has 282 valence electrons. The fraction of sp³-hybridized carbons (Fsp3) is 0.293. The summed E-state index contributed by atoms with van der Waals surface area (Å²) < 4.78 is 22.6. The summed E-state index contributed by atoms with van der Waals surface area (Å²) in [5.74, 6) is -6.56. The minimum absolute atomic E-state index is 0.0196. The highest BCUT2D eigenvalue weighted by Gasteiger charge is 2.41. The highest BCUT2D eigenvalue weighted by molar-refractivity contribution is 6.41. The summed E-state index contributed by atoms with van der Waals surface area (Å²) in [5, 5.41) is 12.6. The molecule has 2 amide bonds. The normalized spacial score (nSPS) is 14.1. The number of fused-ring (bicyclic) bond motifs is 1. The minimum Gasteiger partial charge on any atom is -0.481 e. The van der Waals surface area contributed by atoms with E-state index in [1.807, 2.05) is 36.4 Å². The second-order valence-corrected chi connectivity index (χ2v) is 14.2. The lowest BCUT2D eigenvalue weighted by Gasteiger charge is -2.35. The number of carbonyl (C=O) groups excluding carboxylic acids is 4. The summed E-state index contributed by atoms with van der Waals surface area (Å²) in [6.07, 6.45) is 0.810. The number of halogens is 1. The smallest absolute Gasteiger partial charge is 0.318 e. The molecule has 54 heavy (non-hydrogen) atoms.